The zero-order valence-electron chi connectivity index (χ0n) is 12.0. The molecule has 106 valence electrons. The van der Waals surface area contributed by atoms with Gasteiger partial charge in [0.15, 0.2) is 0 Å². The number of carbonyl (C=O) groups excluding carboxylic acids is 1. The molecule has 5 heteroatoms. The summed E-state index contributed by atoms with van der Waals surface area (Å²) < 4.78 is 6.90. The number of nitrogens with zero attached hydrogens (tertiary/aromatic N) is 2. The highest BCUT2D eigenvalue weighted by molar-refractivity contribution is 5.92. The number of aryl methyl sites for hydroxylation is 2. The van der Waals surface area contributed by atoms with E-state index in [4.69, 9.17) is 4.74 Å². The normalized spacial score (nSPS) is 10.3. The molecule has 0 atom stereocenters. The highest BCUT2D eigenvalue weighted by Crippen LogP contribution is 2.11. The maximum absolute atomic E-state index is 12.0. The molecule has 0 spiro atoms. The van der Waals surface area contributed by atoms with Gasteiger partial charge in [-0.3, -0.25) is 9.48 Å². The molecular weight excluding hydrogens is 254 g/mol. The van der Waals surface area contributed by atoms with Gasteiger partial charge in [0.1, 0.15) is 11.4 Å². The van der Waals surface area contributed by atoms with Crippen LogP contribution in [0.2, 0.25) is 0 Å². The van der Waals surface area contributed by atoms with Crippen molar-refractivity contribution in [1.82, 2.24) is 15.1 Å². The number of nitrogens with one attached hydrogen (secondary N) is 1. The van der Waals surface area contributed by atoms with E-state index >= 15 is 0 Å². The number of benzene rings is 1. The fourth-order valence-corrected chi connectivity index (χ4v) is 1.96. The summed E-state index contributed by atoms with van der Waals surface area (Å²) in [7, 11) is 1.63. The van der Waals surface area contributed by atoms with Crippen LogP contribution in [0, 0.1) is 6.92 Å². The Bertz CT molecular complexity index is 588. The number of aromatic nitrogens is 2. The highest BCUT2D eigenvalue weighted by atomic mass is 16.5. The van der Waals surface area contributed by atoms with Crippen molar-refractivity contribution >= 4 is 5.91 Å². The van der Waals surface area contributed by atoms with Gasteiger partial charge >= 0.3 is 0 Å². The van der Waals surface area contributed by atoms with Gasteiger partial charge < -0.3 is 10.1 Å². The van der Waals surface area contributed by atoms with Crippen LogP contribution in [0.5, 0.6) is 5.75 Å². The average molecular weight is 273 g/mol. The van der Waals surface area contributed by atoms with Gasteiger partial charge in [0.2, 0.25) is 0 Å². The number of carbonyl (C=O) groups is 1. The summed E-state index contributed by atoms with van der Waals surface area (Å²) in [6.07, 6.45) is 0. The Morgan fingerprint density at radius 3 is 2.60 bits per heavy atom. The molecule has 0 saturated carbocycles. The largest absolute Gasteiger partial charge is 0.497 e. The Balaban J connectivity index is 1.96. The minimum absolute atomic E-state index is 0.156. The molecule has 2 rings (SSSR count). The van der Waals surface area contributed by atoms with E-state index in [9.17, 15) is 4.79 Å². The number of hydrogen-bond donors (Lipinski definition) is 1. The minimum Gasteiger partial charge on any atom is -0.497 e. The predicted octanol–water partition coefficient (Wildman–Crippen LogP) is 2.15. The molecule has 0 bridgehead atoms. The molecule has 1 amide bonds. The summed E-state index contributed by atoms with van der Waals surface area (Å²) in [5, 5.41) is 7.11. The molecule has 1 aromatic heterocycles. The van der Waals surface area contributed by atoms with Gasteiger partial charge in [-0.05, 0) is 37.6 Å². The molecule has 0 unspecified atom stereocenters. The Hall–Kier alpha value is -2.30. The summed E-state index contributed by atoms with van der Waals surface area (Å²) >= 11 is 0. The quantitative estimate of drug-likeness (QED) is 0.908. The fraction of sp³-hybridized carbons (Fsp3) is 0.333. The number of amides is 1. The fourth-order valence-electron chi connectivity index (χ4n) is 1.96. The van der Waals surface area contributed by atoms with E-state index in [-0.39, 0.29) is 5.91 Å². The number of methoxy groups -OCH3 is 1. The van der Waals surface area contributed by atoms with Gasteiger partial charge in [-0.25, -0.2) is 0 Å². The van der Waals surface area contributed by atoms with Gasteiger partial charge in [0, 0.05) is 18.8 Å². The Morgan fingerprint density at radius 1 is 1.35 bits per heavy atom. The van der Waals surface area contributed by atoms with Crippen molar-refractivity contribution in [2.24, 2.45) is 0 Å². The molecule has 20 heavy (non-hydrogen) atoms. The molecule has 0 aliphatic heterocycles. The molecule has 5 nitrogen and oxygen atoms in total. The van der Waals surface area contributed by atoms with Gasteiger partial charge in [-0.2, -0.15) is 5.10 Å². The topological polar surface area (TPSA) is 56.2 Å². The van der Waals surface area contributed by atoms with Gasteiger partial charge in [-0.15, -0.1) is 0 Å². The van der Waals surface area contributed by atoms with Crippen LogP contribution >= 0.6 is 0 Å². The summed E-state index contributed by atoms with van der Waals surface area (Å²) in [6.45, 7) is 5.17. The third kappa shape index (κ3) is 3.17. The second kappa shape index (κ2) is 6.23. The van der Waals surface area contributed by atoms with E-state index in [1.54, 1.807) is 13.2 Å². The molecule has 0 fully saturated rings. The van der Waals surface area contributed by atoms with Crippen LogP contribution in [0.15, 0.2) is 30.3 Å². The van der Waals surface area contributed by atoms with Crippen LogP contribution in [0.3, 0.4) is 0 Å². The first kappa shape index (κ1) is 14.1. The first-order valence-corrected chi connectivity index (χ1v) is 6.59. The molecule has 0 aliphatic carbocycles. The second-order valence-electron chi connectivity index (χ2n) is 4.52. The lowest BCUT2D eigenvalue weighted by Crippen LogP contribution is -2.23. The Kier molecular flexibility index (Phi) is 4.40. The van der Waals surface area contributed by atoms with E-state index in [0.717, 1.165) is 23.6 Å². The number of ether oxygens (including phenoxy) is 1. The van der Waals surface area contributed by atoms with Crippen molar-refractivity contribution in [2.75, 3.05) is 7.11 Å². The summed E-state index contributed by atoms with van der Waals surface area (Å²) in [5.74, 6) is 0.647. The van der Waals surface area contributed by atoms with Crippen LogP contribution in [0.4, 0.5) is 0 Å². The molecular formula is C15H19N3O2. The Labute approximate surface area is 118 Å². The lowest BCUT2D eigenvalue weighted by atomic mass is 10.2. The van der Waals surface area contributed by atoms with Gasteiger partial charge in [0.25, 0.3) is 5.91 Å². The molecule has 0 radical (unpaired) electrons. The standard InChI is InChI=1S/C15H19N3O2/c1-4-18-11(2)9-14(17-18)15(19)16-10-12-5-7-13(20-3)8-6-12/h5-9H,4,10H2,1-3H3,(H,16,19). The van der Waals surface area contributed by atoms with Crippen molar-refractivity contribution in [3.8, 4) is 5.75 Å². The van der Waals surface area contributed by atoms with Crippen LogP contribution in [0.1, 0.15) is 28.7 Å². The minimum atomic E-state index is -0.156. The van der Waals surface area contributed by atoms with Crippen LogP contribution in [0.25, 0.3) is 0 Å². The van der Waals surface area contributed by atoms with Crippen molar-refractivity contribution in [3.05, 3.63) is 47.3 Å². The molecule has 0 aliphatic rings. The van der Waals surface area contributed by atoms with Crippen molar-refractivity contribution in [1.29, 1.82) is 0 Å². The van der Waals surface area contributed by atoms with Gasteiger partial charge in [0.05, 0.1) is 7.11 Å². The lowest BCUT2D eigenvalue weighted by molar-refractivity contribution is 0.0945. The predicted molar refractivity (Wildman–Crippen MR) is 76.8 cm³/mol. The third-order valence-electron chi connectivity index (χ3n) is 3.13. The van der Waals surface area contributed by atoms with Crippen LogP contribution in [-0.2, 0) is 13.1 Å². The maximum atomic E-state index is 12.0. The van der Waals surface area contributed by atoms with E-state index in [1.807, 2.05) is 42.8 Å². The monoisotopic (exact) mass is 273 g/mol. The van der Waals surface area contributed by atoms with E-state index in [2.05, 4.69) is 10.4 Å². The molecule has 2 aromatic rings. The van der Waals surface area contributed by atoms with Crippen molar-refractivity contribution in [2.45, 2.75) is 26.9 Å². The Morgan fingerprint density at radius 2 is 2.05 bits per heavy atom. The summed E-state index contributed by atoms with van der Waals surface area (Å²) in [4.78, 5) is 12.0. The SMILES string of the molecule is CCn1nc(C(=O)NCc2ccc(OC)cc2)cc1C. The lowest BCUT2D eigenvalue weighted by Gasteiger charge is -2.05. The number of rotatable bonds is 5. The summed E-state index contributed by atoms with van der Waals surface area (Å²) in [5.41, 5.74) is 2.46. The summed E-state index contributed by atoms with van der Waals surface area (Å²) in [6, 6.07) is 9.39. The maximum Gasteiger partial charge on any atom is 0.272 e. The smallest absolute Gasteiger partial charge is 0.272 e. The van der Waals surface area contributed by atoms with E-state index in [1.165, 1.54) is 0 Å². The zero-order chi connectivity index (χ0) is 14.5. The van der Waals surface area contributed by atoms with E-state index in [0.29, 0.717) is 12.2 Å². The van der Waals surface area contributed by atoms with Crippen LogP contribution in [-0.4, -0.2) is 22.8 Å². The molecule has 1 heterocycles. The van der Waals surface area contributed by atoms with Crippen molar-refractivity contribution < 1.29 is 9.53 Å². The van der Waals surface area contributed by atoms with E-state index < -0.39 is 0 Å². The molecule has 1 aromatic carbocycles. The first-order chi connectivity index (χ1) is 9.63. The molecule has 0 saturated heterocycles. The zero-order valence-corrected chi connectivity index (χ0v) is 12.0. The first-order valence-electron chi connectivity index (χ1n) is 6.59. The average Bonchev–Trinajstić information content (AvgIpc) is 2.86. The third-order valence-corrected chi connectivity index (χ3v) is 3.13. The van der Waals surface area contributed by atoms with Crippen molar-refractivity contribution in [3.63, 3.8) is 0 Å². The second-order valence-corrected chi connectivity index (χ2v) is 4.52. The molecule has 1 N–H and O–H groups in total. The van der Waals surface area contributed by atoms with Gasteiger partial charge in [-0.1, -0.05) is 12.1 Å². The van der Waals surface area contributed by atoms with Crippen LogP contribution < -0.4 is 10.1 Å². The highest BCUT2D eigenvalue weighted by Gasteiger charge is 2.11. The number of hydrogen-bond acceptors (Lipinski definition) is 3.